The monoisotopic (exact) mass is 247 g/mol. The molecule has 1 fully saturated rings. The lowest BCUT2D eigenvalue weighted by Crippen LogP contribution is -2.11. The highest BCUT2D eigenvalue weighted by Gasteiger charge is 2.13. The van der Waals surface area contributed by atoms with Gasteiger partial charge in [0.2, 0.25) is 0 Å². The van der Waals surface area contributed by atoms with Gasteiger partial charge in [-0.05, 0) is 36.5 Å². The summed E-state index contributed by atoms with van der Waals surface area (Å²) in [4.78, 5) is 0. The molecule has 0 radical (unpaired) electrons. The Balaban J connectivity index is 1.81. The molecule has 0 aromatic heterocycles. The second kappa shape index (κ2) is 6.79. The van der Waals surface area contributed by atoms with Gasteiger partial charge >= 0.3 is 0 Å². The van der Waals surface area contributed by atoms with Crippen LogP contribution in [0.2, 0.25) is 0 Å². The van der Waals surface area contributed by atoms with E-state index >= 15 is 0 Å². The maximum Gasteiger partial charge on any atom is 0.122 e. The van der Waals surface area contributed by atoms with Crippen molar-refractivity contribution in [2.45, 2.75) is 52.0 Å². The van der Waals surface area contributed by atoms with Gasteiger partial charge < -0.3 is 10.5 Å². The lowest BCUT2D eigenvalue weighted by molar-refractivity contribution is 0.245. The molecule has 2 heteroatoms. The molecule has 1 aliphatic rings. The van der Waals surface area contributed by atoms with Crippen LogP contribution in [0.25, 0.3) is 0 Å². The summed E-state index contributed by atoms with van der Waals surface area (Å²) in [6.07, 6.45) is 8.23. The van der Waals surface area contributed by atoms with Crippen LogP contribution in [0.4, 0.5) is 0 Å². The van der Waals surface area contributed by atoms with E-state index in [4.69, 9.17) is 10.5 Å². The SMILES string of the molecule is Cc1ccc(CN)cc1OCCC1CCCCC1. The highest BCUT2D eigenvalue weighted by molar-refractivity contribution is 5.36. The van der Waals surface area contributed by atoms with E-state index in [1.165, 1.54) is 44.1 Å². The molecule has 100 valence electrons. The molecule has 0 amide bonds. The molecule has 0 aliphatic heterocycles. The molecule has 2 rings (SSSR count). The summed E-state index contributed by atoms with van der Waals surface area (Å²) in [5.74, 6) is 1.89. The van der Waals surface area contributed by atoms with Crippen molar-refractivity contribution in [3.8, 4) is 5.75 Å². The lowest BCUT2D eigenvalue weighted by atomic mass is 9.87. The quantitative estimate of drug-likeness (QED) is 0.859. The smallest absolute Gasteiger partial charge is 0.122 e. The topological polar surface area (TPSA) is 35.2 Å². The maximum absolute atomic E-state index is 5.93. The molecule has 2 nitrogen and oxygen atoms in total. The van der Waals surface area contributed by atoms with Crippen LogP contribution >= 0.6 is 0 Å². The Bertz CT molecular complexity index is 369. The summed E-state index contributed by atoms with van der Waals surface area (Å²) < 4.78 is 5.93. The molecule has 1 aliphatic carbocycles. The summed E-state index contributed by atoms with van der Waals surface area (Å²) in [5, 5.41) is 0. The van der Waals surface area contributed by atoms with Crippen molar-refractivity contribution in [3.05, 3.63) is 29.3 Å². The summed E-state index contributed by atoms with van der Waals surface area (Å²) in [6.45, 7) is 3.52. The molecule has 0 saturated heterocycles. The van der Waals surface area contributed by atoms with Crippen molar-refractivity contribution in [2.75, 3.05) is 6.61 Å². The first-order chi connectivity index (χ1) is 8.79. The van der Waals surface area contributed by atoms with Crippen LogP contribution in [0.15, 0.2) is 18.2 Å². The molecule has 0 heterocycles. The standard InChI is InChI=1S/C16H25NO/c1-13-7-8-15(12-17)11-16(13)18-10-9-14-5-3-2-4-6-14/h7-8,11,14H,2-6,9-10,12,17H2,1H3. The minimum atomic E-state index is 0.583. The van der Waals surface area contributed by atoms with Crippen molar-refractivity contribution in [1.29, 1.82) is 0 Å². The number of aryl methyl sites for hydroxylation is 1. The number of rotatable bonds is 5. The Morgan fingerprint density at radius 2 is 2.00 bits per heavy atom. The van der Waals surface area contributed by atoms with Gasteiger partial charge in [-0.25, -0.2) is 0 Å². The number of ether oxygens (including phenoxy) is 1. The zero-order valence-corrected chi connectivity index (χ0v) is 11.5. The van der Waals surface area contributed by atoms with E-state index in [1.807, 2.05) is 0 Å². The summed E-state index contributed by atoms with van der Waals surface area (Å²) in [7, 11) is 0. The second-order valence-electron chi connectivity index (χ2n) is 5.45. The van der Waals surface area contributed by atoms with Gasteiger partial charge in [0, 0.05) is 6.54 Å². The van der Waals surface area contributed by atoms with Gasteiger partial charge in [0.05, 0.1) is 6.61 Å². The molecule has 0 spiro atoms. The van der Waals surface area contributed by atoms with Gasteiger partial charge in [0.15, 0.2) is 0 Å². The normalized spacial score (nSPS) is 16.8. The molecule has 2 N–H and O–H groups in total. The van der Waals surface area contributed by atoms with Crippen LogP contribution in [0.1, 0.15) is 49.7 Å². The van der Waals surface area contributed by atoms with Crippen LogP contribution in [0, 0.1) is 12.8 Å². The molecular weight excluding hydrogens is 222 g/mol. The first kappa shape index (κ1) is 13.4. The molecule has 0 bridgehead atoms. The van der Waals surface area contributed by atoms with Crippen molar-refractivity contribution < 1.29 is 4.74 Å². The van der Waals surface area contributed by atoms with Crippen molar-refractivity contribution >= 4 is 0 Å². The molecule has 1 aromatic rings. The lowest BCUT2D eigenvalue weighted by Gasteiger charge is -2.21. The second-order valence-corrected chi connectivity index (χ2v) is 5.45. The molecule has 1 aromatic carbocycles. The fourth-order valence-corrected chi connectivity index (χ4v) is 2.74. The van der Waals surface area contributed by atoms with Crippen molar-refractivity contribution in [3.63, 3.8) is 0 Å². The molecule has 0 atom stereocenters. The Labute approximate surface area is 111 Å². The van der Waals surface area contributed by atoms with Gasteiger partial charge in [-0.2, -0.15) is 0 Å². The van der Waals surface area contributed by atoms with E-state index in [1.54, 1.807) is 0 Å². The maximum atomic E-state index is 5.93. The largest absolute Gasteiger partial charge is 0.493 e. The number of nitrogens with two attached hydrogens (primary N) is 1. The average Bonchev–Trinajstić information content (AvgIpc) is 2.42. The minimum Gasteiger partial charge on any atom is -0.493 e. The van der Waals surface area contributed by atoms with Gasteiger partial charge in [-0.1, -0.05) is 44.2 Å². The minimum absolute atomic E-state index is 0.583. The summed E-state index contributed by atoms with van der Waals surface area (Å²) in [5.41, 5.74) is 8.01. The first-order valence-electron chi connectivity index (χ1n) is 7.22. The number of hydrogen-bond acceptors (Lipinski definition) is 2. The van der Waals surface area contributed by atoms with Crippen LogP contribution < -0.4 is 10.5 Å². The van der Waals surface area contributed by atoms with Gasteiger partial charge in [-0.15, -0.1) is 0 Å². The third-order valence-corrected chi connectivity index (χ3v) is 4.00. The first-order valence-corrected chi connectivity index (χ1v) is 7.22. The van der Waals surface area contributed by atoms with Crippen molar-refractivity contribution in [1.82, 2.24) is 0 Å². The predicted molar refractivity (Wildman–Crippen MR) is 75.8 cm³/mol. The Kier molecular flexibility index (Phi) is 5.06. The van der Waals surface area contributed by atoms with E-state index in [0.717, 1.165) is 23.8 Å². The molecule has 18 heavy (non-hydrogen) atoms. The van der Waals surface area contributed by atoms with Crippen LogP contribution in [0.3, 0.4) is 0 Å². The van der Waals surface area contributed by atoms with E-state index in [2.05, 4.69) is 25.1 Å². The fourth-order valence-electron chi connectivity index (χ4n) is 2.74. The Morgan fingerprint density at radius 1 is 1.22 bits per heavy atom. The highest BCUT2D eigenvalue weighted by Crippen LogP contribution is 2.27. The Hall–Kier alpha value is -1.02. The van der Waals surface area contributed by atoms with E-state index in [9.17, 15) is 0 Å². The molecule has 0 unspecified atom stereocenters. The molecule has 1 saturated carbocycles. The van der Waals surface area contributed by atoms with Gasteiger partial charge in [0.25, 0.3) is 0 Å². The highest BCUT2D eigenvalue weighted by atomic mass is 16.5. The van der Waals surface area contributed by atoms with Crippen molar-refractivity contribution in [2.24, 2.45) is 11.7 Å². The summed E-state index contributed by atoms with van der Waals surface area (Å²) in [6, 6.07) is 6.25. The van der Waals surface area contributed by atoms with Crippen LogP contribution in [0.5, 0.6) is 5.75 Å². The van der Waals surface area contributed by atoms with Crippen LogP contribution in [-0.4, -0.2) is 6.61 Å². The van der Waals surface area contributed by atoms with Gasteiger partial charge in [-0.3, -0.25) is 0 Å². The Morgan fingerprint density at radius 3 is 2.72 bits per heavy atom. The zero-order chi connectivity index (χ0) is 12.8. The summed E-state index contributed by atoms with van der Waals surface area (Å²) >= 11 is 0. The average molecular weight is 247 g/mol. The molecular formula is C16H25NO. The predicted octanol–water partition coefficient (Wildman–Crippen LogP) is 3.80. The van der Waals surface area contributed by atoms with Crippen LogP contribution in [-0.2, 0) is 6.54 Å². The number of benzene rings is 1. The van der Waals surface area contributed by atoms with E-state index < -0.39 is 0 Å². The third-order valence-electron chi connectivity index (χ3n) is 4.00. The fraction of sp³-hybridized carbons (Fsp3) is 0.625. The third kappa shape index (κ3) is 3.74. The number of hydrogen-bond donors (Lipinski definition) is 1. The van der Waals surface area contributed by atoms with E-state index in [-0.39, 0.29) is 0 Å². The zero-order valence-electron chi connectivity index (χ0n) is 11.5. The van der Waals surface area contributed by atoms with E-state index in [0.29, 0.717) is 6.54 Å². The van der Waals surface area contributed by atoms with Gasteiger partial charge in [0.1, 0.15) is 5.75 Å².